The molecule has 0 aliphatic carbocycles. The van der Waals surface area contributed by atoms with E-state index in [0.29, 0.717) is 0 Å². The fourth-order valence-corrected chi connectivity index (χ4v) is 1.76. The van der Waals surface area contributed by atoms with Crippen LogP contribution in [0.4, 0.5) is 0 Å². The van der Waals surface area contributed by atoms with E-state index in [1.165, 1.54) is 11.1 Å². The Hall–Kier alpha value is -1.89. The van der Waals surface area contributed by atoms with Crippen molar-refractivity contribution in [2.45, 2.75) is 19.8 Å². The third-order valence-corrected chi connectivity index (χ3v) is 2.78. The molecule has 2 aromatic rings. The van der Waals surface area contributed by atoms with E-state index in [-0.39, 0.29) is 0 Å². The minimum absolute atomic E-state index is 1.00. The van der Waals surface area contributed by atoms with Gasteiger partial charge in [-0.1, -0.05) is 42.5 Å². The highest BCUT2D eigenvalue weighted by molar-refractivity contribution is 5.53. The number of rotatable bonds is 4. The van der Waals surface area contributed by atoms with Gasteiger partial charge in [0.1, 0.15) is 0 Å². The van der Waals surface area contributed by atoms with E-state index in [9.17, 15) is 0 Å². The largest absolute Gasteiger partial charge is 0.261 e. The summed E-state index contributed by atoms with van der Waals surface area (Å²) in [6.07, 6.45) is 8.30. The lowest BCUT2D eigenvalue weighted by molar-refractivity contribution is 0.946. The molecular formula is C16H17N. The van der Waals surface area contributed by atoms with E-state index in [1.807, 2.05) is 18.3 Å². The molecule has 0 aliphatic rings. The van der Waals surface area contributed by atoms with Crippen LogP contribution in [0.5, 0.6) is 0 Å². The molecule has 86 valence electrons. The van der Waals surface area contributed by atoms with Gasteiger partial charge >= 0.3 is 0 Å². The molecule has 0 atom stereocenters. The van der Waals surface area contributed by atoms with Crippen molar-refractivity contribution in [3.8, 4) is 0 Å². The van der Waals surface area contributed by atoms with Gasteiger partial charge in [-0.25, -0.2) is 0 Å². The predicted octanol–water partition coefficient (Wildman–Crippen LogP) is 4.04. The summed E-state index contributed by atoms with van der Waals surface area (Å²) < 4.78 is 0. The Bertz CT molecular complexity index is 486. The summed E-state index contributed by atoms with van der Waals surface area (Å²) in [6.45, 7) is 2.14. The van der Waals surface area contributed by atoms with Crippen LogP contribution in [0.2, 0.25) is 0 Å². The molecule has 2 rings (SSSR count). The molecule has 0 spiro atoms. The molecule has 0 N–H and O–H groups in total. The summed E-state index contributed by atoms with van der Waals surface area (Å²) in [7, 11) is 0. The molecule has 17 heavy (non-hydrogen) atoms. The molecule has 0 bridgehead atoms. The number of hydrogen-bond donors (Lipinski definition) is 0. The van der Waals surface area contributed by atoms with Gasteiger partial charge in [0, 0.05) is 11.9 Å². The third-order valence-electron chi connectivity index (χ3n) is 2.78. The van der Waals surface area contributed by atoms with Crippen LogP contribution in [0.3, 0.4) is 0 Å². The van der Waals surface area contributed by atoms with Crippen molar-refractivity contribution < 1.29 is 0 Å². The van der Waals surface area contributed by atoms with Crippen LogP contribution in [0, 0.1) is 6.92 Å². The summed E-state index contributed by atoms with van der Waals surface area (Å²) >= 11 is 0. The summed E-state index contributed by atoms with van der Waals surface area (Å²) in [5.74, 6) is 0. The quantitative estimate of drug-likeness (QED) is 0.762. The van der Waals surface area contributed by atoms with Crippen molar-refractivity contribution in [3.05, 3.63) is 71.6 Å². The van der Waals surface area contributed by atoms with Gasteiger partial charge in [-0.2, -0.15) is 0 Å². The average molecular weight is 223 g/mol. The maximum absolute atomic E-state index is 4.31. The topological polar surface area (TPSA) is 12.9 Å². The van der Waals surface area contributed by atoms with Crippen LogP contribution in [0.1, 0.15) is 23.2 Å². The Labute approximate surface area is 103 Å². The lowest BCUT2D eigenvalue weighted by Crippen LogP contribution is -1.86. The van der Waals surface area contributed by atoms with Crippen molar-refractivity contribution in [2.75, 3.05) is 0 Å². The summed E-state index contributed by atoms with van der Waals surface area (Å²) in [6, 6.07) is 14.5. The van der Waals surface area contributed by atoms with Gasteiger partial charge in [0.15, 0.2) is 0 Å². The predicted molar refractivity (Wildman–Crippen MR) is 72.8 cm³/mol. The number of nitrogens with zero attached hydrogens (tertiary/aromatic N) is 1. The molecule has 1 heteroatoms. The van der Waals surface area contributed by atoms with Crippen molar-refractivity contribution in [1.29, 1.82) is 0 Å². The number of benzene rings is 1. The molecule has 1 aromatic carbocycles. The lowest BCUT2D eigenvalue weighted by atomic mass is 10.1. The van der Waals surface area contributed by atoms with Gasteiger partial charge in [-0.3, -0.25) is 4.98 Å². The third kappa shape index (κ3) is 3.56. The number of aryl methyl sites for hydroxylation is 2. The van der Waals surface area contributed by atoms with Crippen LogP contribution in [0.15, 0.2) is 54.7 Å². The van der Waals surface area contributed by atoms with E-state index in [2.05, 4.69) is 54.4 Å². The van der Waals surface area contributed by atoms with Gasteiger partial charge in [-0.15, -0.1) is 0 Å². The second kappa shape index (κ2) is 6.00. The molecule has 0 unspecified atom stereocenters. The zero-order valence-electron chi connectivity index (χ0n) is 10.1. The van der Waals surface area contributed by atoms with Crippen LogP contribution in [-0.4, -0.2) is 4.98 Å². The first kappa shape index (κ1) is 11.6. The van der Waals surface area contributed by atoms with Crippen molar-refractivity contribution in [2.24, 2.45) is 0 Å². The van der Waals surface area contributed by atoms with Crippen molar-refractivity contribution >= 4 is 6.08 Å². The van der Waals surface area contributed by atoms with Crippen LogP contribution < -0.4 is 0 Å². The van der Waals surface area contributed by atoms with E-state index >= 15 is 0 Å². The average Bonchev–Trinajstić information content (AvgIpc) is 2.38. The molecule has 1 heterocycles. The fraction of sp³-hybridized carbons (Fsp3) is 0.188. The van der Waals surface area contributed by atoms with Gasteiger partial charge < -0.3 is 0 Å². The Morgan fingerprint density at radius 1 is 1.06 bits per heavy atom. The number of allylic oxidation sites excluding steroid dienone is 1. The zero-order valence-corrected chi connectivity index (χ0v) is 10.1. The lowest BCUT2D eigenvalue weighted by Gasteiger charge is -1.99. The smallest absolute Gasteiger partial charge is 0.0406 e. The van der Waals surface area contributed by atoms with E-state index < -0.39 is 0 Å². The first-order valence-corrected chi connectivity index (χ1v) is 5.98. The van der Waals surface area contributed by atoms with Crippen molar-refractivity contribution in [3.63, 3.8) is 0 Å². The van der Waals surface area contributed by atoms with Crippen LogP contribution in [0.25, 0.3) is 6.08 Å². The molecular weight excluding hydrogens is 206 g/mol. The van der Waals surface area contributed by atoms with Gasteiger partial charge in [0.25, 0.3) is 0 Å². The van der Waals surface area contributed by atoms with Crippen molar-refractivity contribution in [1.82, 2.24) is 4.98 Å². The molecule has 0 radical (unpaired) electrons. The van der Waals surface area contributed by atoms with Crippen LogP contribution in [-0.2, 0) is 6.42 Å². The Balaban J connectivity index is 1.89. The maximum Gasteiger partial charge on any atom is 0.0406 e. The normalized spacial score (nSPS) is 10.9. The highest BCUT2D eigenvalue weighted by Crippen LogP contribution is 2.09. The highest BCUT2D eigenvalue weighted by Gasteiger charge is 1.92. The summed E-state index contributed by atoms with van der Waals surface area (Å²) in [5.41, 5.74) is 3.78. The molecule has 1 nitrogen and oxygen atoms in total. The second-order valence-electron chi connectivity index (χ2n) is 4.12. The van der Waals surface area contributed by atoms with E-state index in [4.69, 9.17) is 0 Å². The molecule has 1 aromatic heterocycles. The van der Waals surface area contributed by atoms with E-state index in [1.54, 1.807) is 0 Å². The van der Waals surface area contributed by atoms with E-state index in [0.717, 1.165) is 18.5 Å². The summed E-state index contributed by atoms with van der Waals surface area (Å²) in [4.78, 5) is 4.31. The summed E-state index contributed by atoms with van der Waals surface area (Å²) in [5, 5.41) is 0. The van der Waals surface area contributed by atoms with Gasteiger partial charge in [0.05, 0.1) is 0 Å². The molecule has 0 amide bonds. The Kier molecular flexibility index (Phi) is 4.09. The first-order valence-electron chi connectivity index (χ1n) is 5.98. The van der Waals surface area contributed by atoms with Gasteiger partial charge in [-0.05, 0) is 43.0 Å². The Morgan fingerprint density at radius 3 is 2.65 bits per heavy atom. The zero-order chi connectivity index (χ0) is 11.9. The molecule has 0 aliphatic heterocycles. The van der Waals surface area contributed by atoms with Crippen LogP contribution >= 0.6 is 0 Å². The molecule has 0 saturated heterocycles. The second-order valence-corrected chi connectivity index (χ2v) is 4.12. The fourth-order valence-electron chi connectivity index (χ4n) is 1.76. The first-order chi connectivity index (χ1) is 8.36. The SMILES string of the molecule is Cc1ccccc1/C=C/CCc1ccccn1. The minimum Gasteiger partial charge on any atom is -0.261 e. The molecule has 0 fully saturated rings. The number of pyridine rings is 1. The number of hydrogen-bond acceptors (Lipinski definition) is 1. The molecule has 0 saturated carbocycles. The Morgan fingerprint density at radius 2 is 1.88 bits per heavy atom. The standard InChI is InChI=1S/C16H17N/c1-14-8-2-3-9-15(14)10-4-5-11-16-12-6-7-13-17-16/h2-4,6-10,12-13H,5,11H2,1H3/b10-4+. The minimum atomic E-state index is 1.00. The van der Waals surface area contributed by atoms with Gasteiger partial charge in [0.2, 0.25) is 0 Å². The maximum atomic E-state index is 4.31. The highest BCUT2D eigenvalue weighted by atomic mass is 14.7. The monoisotopic (exact) mass is 223 g/mol. The number of aromatic nitrogens is 1.